The van der Waals surface area contributed by atoms with Crippen LogP contribution in [0.15, 0.2) is 0 Å². The third-order valence-corrected chi connectivity index (χ3v) is 4.81. The van der Waals surface area contributed by atoms with Crippen molar-refractivity contribution in [2.45, 2.75) is 103 Å². The predicted octanol–water partition coefficient (Wildman–Crippen LogP) is 4.75. The molecule has 0 fully saturated rings. The SMILES string of the molecule is CCCCCCCCCCCCC(C)N(CCCO)CCCO. The number of unbranched alkanes of at least 4 members (excludes halogenated alkanes) is 9. The van der Waals surface area contributed by atoms with Gasteiger partial charge in [0, 0.05) is 32.3 Å². The Morgan fingerprint density at radius 2 is 1.09 bits per heavy atom. The molecular weight excluding hydrogens is 286 g/mol. The summed E-state index contributed by atoms with van der Waals surface area (Å²) in [6.07, 6.45) is 16.8. The first-order valence-electron chi connectivity index (χ1n) is 10.2. The number of aliphatic hydroxyl groups excluding tert-OH is 2. The van der Waals surface area contributed by atoms with E-state index in [2.05, 4.69) is 18.7 Å². The highest BCUT2D eigenvalue weighted by molar-refractivity contribution is 4.67. The van der Waals surface area contributed by atoms with Crippen molar-refractivity contribution in [3.05, 3.63) is 0 Å². The predicted molar refractivity (Wildman–Crippen MR) is 101 cm³/mol. The van der Waals surface area contributed by atoms with Gasteiger partial charge in [0.2, 0.25) is 0 Å². The Kier molecular flexibility index (Phi) is 18.1. The van der Waals surface area contributed by atoms with Crippen LogP contribution < -0.4 is 0 Å². The summed E-state index contributed by atoms with van der Waals surface area (Å²) in [5.74, 6) is 0. The second-order valence-corrected chi connectivity index (χ2v) is 7.01. The van der Waals surface area contributed by atoms with Crippen LogP contribution in [0.2, 0.25) is 0 Å². The summed E-state index contributed by atoms with van der Waals surface area (Å²) in [6.45, 7) is 7.00. The third-order valence-electron chi connectivity index (χ3n) is 4.81. The monoisotopic (exact) mass is 329 g/mol. The van der Waals surface area contributed by atoms with Gasteiger partial charge >= 0.3 is 0 Å². The molecule has 1 unspecified atom stereocenters. The van der Waals surface area contributed by atoms with Gasteiger partial charge in [0.15, 0.2) is 0 Å². The van der Waals surface area contributed by atoms with Gasteiger partial charge in [-0.25, -0.2) is 0 Å². The number of hydrogen-bond donors (Lipinski definition) is 2. The maximum Gasteiger partial charge on any atom is 0.0443 e. The van der Waals surface area contributed by atoms with Crippen molar-refractivity contribution in [1.29, 1.82) is 0 Å². The largest absolute Gasteiger partial charge is 0.396 e. The third kappa shape index (κ3) is 15.2. The lowest BCUT2D eigenvalue weighted by Crippen LogP contribution is -2.35. The number of nitrogens with zero attached hydrogens (tertiary/aromatic N) is 1. The van der Waals surface area contributed by atoms with E-state index in [0.717, 1.165) is 25.9 Å². The van der Waals surface area contributed by atoms with Crippen molar-refractivity contribution >= 4 is 0 Å². The van der Waals surface area contributed by atoms with E-state index in [1.807, 2.05) is 0 Å². The summed E-state index contributed by atoms with van der Waals surface area (Å²) in [5.41, 5.74) is 0. The van der Waals surface area contributed by atoms with Crippen molar-refractivity contribution in [3.8, 4) is 0 Å². The Bertz CT molecular complexity index is 216. The number of rotatable bonds is 18. The van der Waals surface area contributed by atoms with E-state index >= 15 is 0 Å². The maximum atomic E-state index is 9.01. The first kappa shape index (κ1) is 22.9. The minimum Gasteiger partial charge on any atom is -0.396 e. The van der Waals surface area contributed by atoms with Gasteiger partial charge in [-0.2, -0.15) is 0 Å². The van der Waals surface area contributed by atoms with Gasteiger partial charge in [-0.1, -0.05) is 71.1 Å². The molecule has 3 heteroatoms. The molecule has 0 aromatic heterocycles. The fraction of sp³-hybridized carbons (Fsp3) is 1.00. The Labute approximate surface area is 145 Å². The molecular formula is C20H43NO2. The van der Waals surface area contributed by atoms with Gasteiger partial charge in [-0.3, -0.25) is 0 Å². The zero-order valence-corrected chi connectivity index (χ0v) is 15.9. The van der Waals surface area contributed by atoms with Crippen LogP contribution in [-0.4, -0.2) is 47.5 Å². The zero-order valence-electron chi connectivity index (χ0n) is 15.9. The summed E-state index contributed by atoms with van der Waals surface area (Å²) in [6, 6.07) is 0.571. The minimum absolute atomic E-state index is 0.264. The molecule has 0 radical (unpaired) electrons. The molecule has 0 amide bonds. The molecule has 0 saturated carbocycles. The maximum absolute atomic E-state index is 9.01. The second kappa shape index (κ2) is 18.2. The number of aliphatic hydroxyl groups is 2. The lowest BCUT2D eigenvalue weighted by Gasteiger charge is -2.29. The van der Waals surface area contributed by atoms with Crippen LogP contribution in [-0.2, 0) is 0 Å². The average Bonchev–Trinajstić information content (AvgIpc) is 2.56. The smallest absolute Gasteiger partial charge is 0.0443 e. The van der Waals surface area contributed by atoms with Gasteiger partial charge in [-0.05, 0) is 26.2 Å². The quantitative estimate of drug-likeness (QED) is 0.357. The van der Waals surface area contributed by atoms with Crippen LogP contribution in [0, 0.1) is 0 Å². The minimum atomic E-state index is 0.264. The molecule has 0 aliphatic rings. The molecule has 140 valence electrons. The van der Waals surface area contributed by atoms with Crippen molar-refractivity contribution < 1.29 is 10.2 Å². The summed E-state index contributed by atoms with van der Waals surface area (Å²) in [4.78, 5) is 2.43. The Morgan fingerprint density at radius 1 is 0.652 bits per heavy atom. The molecule has 0 aliphatic heterocycles. The van der Waals surface area contributed by atoms with Gasteiger partial charge in [0.1, 0.15) is 0 Å². The van der Waals surface area contributed by atoms with Gasteiger partial charge in [0.25, 0.3) is 0 Å². The summed E-state index contributed by atoms with van der Waals surface area (Å²) in [5, 5.41) is 18.0. The Hall–Kier alpha value is -0.120. The van der Waals surface area contributed by atoms with E-state index in [1.165, 1.54) is 70.6 Å². The van der Waals surface area contributed by atoms with Crippen LogP contribution in [0.5, 0.6) is 0 Å². The van der Waals surface area contributed by atoms with Gasteiger partial charge in [-0.15, -0.1) is 0 Å². The van der Waals surface area contributed by atoms with Crippen LogP contribution in [0.4, 0.5) is 0 Å². The van der Waals surface area contributed by atoms with Crippen LogP contribution in [0.3, 0.4) is 0 Å². The molecule has 0 bridgehead atoms. The van der Waals surface area contributed by atoms with E-state index in [0.29, 0.717) is 6.04 Å². The van der Waals surface area contributed by atoms with E-state index in [9.17, 15) is 0 Å². The number of hydrogen-bond acceptors (Lipinski definition) is 3. The lowest BCUT2D eigenvalue weighted by atomic mass is 10.0. The molecule has 0 rings (SSSR count). The summed E-state index contributed by atoms with van der Waals surface area (Å²) >= 11 is 0. The van der Waals surface area contributed by atoms with E-state index in [1.54, 1.807) is 0 Å². The molecule has 3 nitrogen and oxygen atoms in total. The molecule has 0 aromatic carbocycles. The molecule has 0 spiro atoms. The summed E-state index contributed by atoms with van der Waals surface area (Å²) in [7, 11) is 0. The molecule has 1 atom stereocenters. The van der Waals surface area contributed by atoms with Crippen molar-refractivity contribution in [2.75, 3.05) is 26.3 Å². The van der Waals surface area contributed by atoms with Crippen LogP contribution >= 0.6 is 0 Å². The first-order valence-corrected chi connectivity index (χ1v) is 10.2. The second-order valence-electron chi connectivity index (χ2n) is 7.01. The molecule has 0 aromatic rings. The highest BCUT2D eigenvalue weighted by Gasteiger charge is 2.12. The molecule has 0 saturated heterocycles. The van der Waals surface area contributed by atoms with Crippen LogP contribution in [0.1, 0.15) is 97.3 Å². The van der Waals surface area contributed by atoms with E-state index in [4.69, 9.17) is 10.2 Å². The Balaban J connectivity index is 3.55. The average molecular weight is 330 g/mol. The summed E-state index contributed by atoms with van der Waals surface area (Å²) < 4.78 is 0. The molecule has 0 heterocycles. The molecule has 0 aliphatic carbocycles. The highest BCUT2D eigenvalue weighted by Crippen LogP contribution is 2.14. The van der Waals surface area contributed by atoms with Crippen molar-refractivity contribution in [1.82, 2.24) is 4.90 Å². The van der Waals surface area contributed by atoms with Crippen molar-refractivity contribution in [3.63, 3.8) is 0 Å². The lowest BCUT2D eigenvalue weighted by molar-refractivity contribution is 0.158. The zero-order chi connectivity index (χ0) is 17.2. The standard InChI is InChI=1S/C20H43NO2/c1-3-4-5-6-7-8-9-10-11-12-15-20(2)21(16-13-18-22)17-14-19-23/h20,22-23H,3-19H2,1-2H3. The fourth-order valence-electron chi connectivity index (χ4n) is 3.21. The fourth-order valence-corrected chi connectivity index (χ4v) is 3.21. The van der Waals surface area contributed by atoms with Crippen molar-refractivity contribution in [2.24, 2.45) is 0 Å². The van der Waals surface area contributed by atoms with Gasteiger partial charge < -0.3 is 15.1 Å². The topological polar surface area (TPSA) is 43.7 Å². The normalized spacial score (nSPS) is 12.9. The first-order chi connectivity index (χ1) is 11.3. The molecule has 23 heavy (non-hydrogen) atoms. The molecule has 2 N–H and O–H groups in total. The van der Waals surface area contributed by atoms with Gasteiger partial charge in [0.05, 0.1) is 0 Å². The van der Waals surface area contributed by atoms with Crippen LogP contribution in [0.25, 0.3) is 0 Å². The Morgan fingerprint density at radius 3 is 1.52 bits per heavy atom. The highest BCUT2D eigenvalue weighted by atomic mass is 16.3. The van der Waals surface area contributed by atoms with E-state index in [-0.39, 0.29) is 13.2 Å². The van der Waals surface area contributed by atoms with E-state index < -0.39 is 0 Å².